The zero-order chi connectivity index (χ0) is 11.5. The molecule has 0 bridgehead atoms. The molecule has 0 saturated heterocycles. The zero-order valence-corrected chi connectivity index (χ0v) is 9.63. The molecule has 0 heterocycles. The van der Waals surface area contributed by atoms with Gasteiger partial charge in [-0.3, -0.25) is 0 Å². The van der Waals surface area contributed by atoms with Crippen LogP contribution in [-0.4, -0.2) is 29.4 Å². The van der Waals surface area contributed by atoms with E-state index in [-0.39, 0.29) is 6.61 Å². The Morgan fingerprint density at radius 1 is 1.31 bits per heavy atom. The summed E-state index contributed by atoms with van der Waals surface area (Å²) in [6, 6.07) is 8.55. The van der Waals surface area contributed by atoms with Gasteiger partial charge < -0.3 is 15.1 Å². The molecule has 0 amide bonds. The summed E-state index contributed by atoms with van der Waals surface area (Å²) in [5.41, 5.74) is 2.07. The molecule has 0 aliphatic heterocycles. The van der Waals surface area contributed by atoms with Gasteiger partial charge in [-0.1, -0.05) is 12.1 Å². The Bertz CT molecular complexity index is 330. The number of aliphatic hydroxyl groups is 2. The molecule has 0 aromatic heterocycles. The Balaban J connectivity index is 2.11. The molecular weight excluding hydrogens is 202 g/mol. The summed E-state index contributed by atoms with van der Waals surface area (Å²) < 4.78 is 0. The molecule has 3 heteroatoms. The Labute approximate surface area is 96.3 Å². The summed E-state index contributed by atoms with van der Waals surface area (Å²) in [5.74, 6) is 0. The summed E-state index contributed by atoms with van der Waals surface area (Å²) in [6.45, 7) is 2.65. The molecule has 1 fully saturated rings. The fourth-order valence-electron chi connectivity index (χ4n) is 1.96. The van der Waals surface area contributed by atoms with Crippen LogP contribution in [0.1, 0.15) is 31.4 Å². The van der Waals surface area contributed by atoms with Crippen molar-refractivity contribution >= 4 is 5.69 Å². The third-order valence-electron chi connectivity index (χ3n) is 3.04. The van der Waals surface area contributed by atoms with E-state index in [1.54, 1.807) is 6.92 Å². The standard InChI is InChI=1S/C13H19NO2/c1-10(16)11-2-4-12(5-3-11)14(8-9-15)13-6-7-13/h2-5,10,13,15-16H,6-9H2,1H3. The highest BCUT2D eigenvalue weighted by atomic mass is 16.3. The number of hydrogen-bond acceptors (Lipinski definition) is 3. The van der Waals surface area contributed by atoms with Gasteiger partial charge in [0.05, 0.1) is 12.7 Å². The fraction of sp³-hybridized carbons (Fsp3) is 0.538. The van der Waals surface area contributed by atoms with Crippen LogP contribution in [0.15, 0.2) is 24.3 Å². The minimum atomic E-state index is -0.415. The van der Waals surface area contributed by atoms with Gasteiger partial charge in [0.1, 0.15) is 0 Å². The van der Waals surface area contributed by atoms with E-state index in [0.29, 0.717) is 12.6 Å². The molecule has 0 spiro atoms. The zero-order valence-electron chi connectivity index (χ0n) is 9.63. The summed E-state index contributed by atoms with van der Waals surface area (Å²) >= 11 is 0. The van der Waals surface area contributed by atoms with Crippen LogP contribution < -0.4 is 4.90 Å². The van der Waals surface area contributed by atoms with Crippen LogP contribution in [0.2, 0.25) is 0 Å². The van der Waals surface area contributed by atoms with Gasteiger partial charge in [0.2, 0.25) is 0 Å². The third-order valence-corrected chi connectivity index (χ3v) is 3.04. The molecule has 1 saturated carbocycles. The highest BCUT2D eigenvalue weighted by molar-refractivity contribution is 5.50. The van der Waals surface area contributed by atoms with Gasteiger partial charge in [0.25, 0.3) is 0 Å². The lowest BCUT2D eigenvalue weighted by Crippen LogP contribution is -2.28. The van der Waals surface area contributed by atoms with Gasteiger partial charge in [-0.25, -0.2) is 0 Å². The first kappa shape index (κ1) is 11.4. The van der Waals surface area contributed by atoms with Crippen molar-refractivity contribution in [3.63, 3.8) is 0 Å². The molecule has 1 aromatic rings. The average molecular weight is 221 g/mol. The summed E-state index contributed by atoms with van der Waals surface area (Å²) in [4.78, 5) is 2.24. The van der Waals surface area contributed by atoms with Gasteiger partial charge in [-0.15, -0.1) is 0 Å². The SMILES string of the molecule is CC(O)c1ccc(N(CCO)C2CC2)cc1. The van der Waals surface area contributed by atoms with E-state index in [1.807, 2.05) is 24.3 Å². The lowest BCUT2D eigenvalue weighted by molar-refractivity contribution is 0.199. The number of nitrogens with zero attached hydrogens (tertiary/aromatic N) is 1. The highest BCUT2D eigenvalue weighted by Crippen LogP contribution is 2.31. The molecule has 1 aliphatic rings. The third kappa shape index (κ3) is 2.54. The summed E-state index contributed by atoms with van der Waals surface area (Å²) in [5, 5.41) is 18.5. The number of rotatable bonds is 5. The second kappa shape index (κ2) is 4.85. The number of aliphatic hydroxyl groups excluding tert-OH is 2. The van der Waals surface area contributed by atoms with E-state index in [0.717, 1.165) is 11.3 Å². The van der Waals surface area contributed by atoms with E-state index in [4.69, 9.17) is 5.11 Å². The van der Waals surface area contributed by atoms with Gasteiger partial charge in [0, 0.05) is 18.3 Å². The normalized spacial score (nSPS) is 17.2. The Morgan fingerprint density at radius 3 is 2.38 bits per heavy atom. The van der Waals surface area contributed by atoms with Crippen molar-refractivity contribution < 1.29 is 10.2 Å². The molecule has 2 N–H and O–H groups in total. The smallest absolute Gasteiger partial charge is 0.0761 e. The van der Waals surface area contributed by atoms with Crippen molar-refractivity contribution in [1.29, 1.82) is 0 Å². The van der Waals surface area contributed by atoms with Crippen molar-refractivity contribution in [2.75, 3.05) is 18.1 Å². The maximum atomic E-state index is 9.42. The summed E-state index contributed by atoms with van der Waals surface area (Å²) in [7, 11) is 0. The number of benzene rings is 1. The van der Waals surface area contributed by atoms with E-state index in [1.165, 1.54) is 12.8 Å². The van der Waals surface area contributed by atoms with Crippen LogP contribution in [-0.2, 0) is 0 Å². The summed E-state index contributed by atoms with van der Waals surface area (Å²) in [6.07, 6.45) is 2.03. The average Bonchev–Trinajstić information content (AvgIpc) is 3.10. The van der Waals surface area contributed by atoms with Gasteiger partial charge in [-0.05, 0) is 37.5 Å². The van der Waals surface area contributed by atoms with Crippen LogP contribution in [0.3, 0.4) is 0 Å². The van der Waals surface area contributed by atoms with Crippen molar-refractivity contribution in [3.05, 3.63) is 29.8 Å². The first-order valence-electron chi connectivity index (χ1n) is 5.88. The largest absolute Gasteiger partial charge is 0.395 e. The minimum absolute atomic E-state index is 0.189. The van der Waals surface area contributed by atoms with Gasteiger partial charge in [-0.2, -0.15) is 0 Å². The lowest BCUT2D eigenvalue weighted by atomic mass is 10.1. The minimum Gasteiger partial charge on any atom is -0.395 e. The molecule has 1 atom stereocenters. The lowest BCUT2D eigenvalue weighted by Gasteiger charge is -2.24. The van der Waals surface area contributed by atoms with Crippen molar-refractivity contribution in [3.8, 4) is 0 Å². The van der Waals surface area contributed by atoms with Crippen LogP contribution >= 0.6 is 0 Å². The molecule has 1 aromatic carbocycles. The van der Waals surface area contributed by atoms with Gasteiger partial charge in [0.15, 0.2) is 0 Å². The van der Waals surface area contributed by atoms with Gasteiger partial charge >= 0.3 is 0 Å². The molecule has 88 valence electrons. The quantitative estimate of drug-likeness (QED) is 0.795. The highest BCUT2D eigenvalue weighted by Gasteiger charge is 2.28. The number of hydrogen-bond donors (Lipinski definition) is 2. The van der Waals surface area contributed by atoms with Crippen LogP contribution in [0.5, 0.6) is 0 Å². The van der Waals surface area contributed by atoms with E-state index in [9.17, 15) is 5.11 Å². The Hall–Kier alpha value is -1.06. The monoisotopic (exact) mass is 221 g/mol. The van der Waals surface area contributed by atoms with Crippen molar-refractivity contribution in [2.24, 2.45) is 0 Å². The van der Waals surface area contributed by atoms with Crippen molar-refractivity contribution in [1.82, 2.24) is 0 Å². The van der Waals surface area contributed by atoms with E-state index < -0.39 is 6.10 Å². The predicted molar refractivity (Wildman–Crippen MR) is 64.5 cm³/mol. The maximum Gasteiger partial charge on any atom is 0.0761 e. The second-order valence-corrected chi connectivity index (χ2v) is 4.42. The number of anilines is 1. The molecule has 16 heavy (non-hydrogen) atoms. The Morgan fingerprint density at radius 2 is 1.94 bits per heavy atom. The molecule has 0 radical (unpaired) electrons. The topological polar surface area (TPSA) is 43.7 Å². The first-order chi connectivity index (χ1) is 7.72. The van der Waals surface area contributed by atoms with Crippen molar-refractivity contribution in [2.45, 2.75) is 31.9 Å². The first-order valence-corrected chi connectivity index (χ1v) is 5.88. The molecule has 2 rings (SSSR count). The van der Waals surface area contributed by atoms with E-state index in [2.05, 4.69) is 4.90 Å². The molecule has 1 unspecified atom stereocenters. The fourth-order valence-corrected chi connectivity index (χ4v) is 1.96. The molecular formula is C13H19NO2. The maximum absolute atomic E-state index is 9.42. The predicted octanol–water partition coefficient (Wildman–Crippen LogP) is 1.70. The van der Waals surface area contributed by atoms with Crippen LogP contribution in [0, 0.1) is 0 Å². The van der Waals surface area contributed by atoms with Crippen LogP contribution in [0.25, 0.3) is 0 Å². The van der Waals surface area contributed by atoms with E-state index >= 15 is 0 Å². The second-order valence-electron chi connectivity index (χ2n) is 4.42. The molecule has 1 aliphatic carbocycles. The molecule has 3 nitrogen and oxygen atoms in total. The van der Waals surface area contributed by atoms with Crippen LogP contribution in [0.4, 0.5) is 5.69 Å². The Kier molecular flexibility index (Phi) is 3.46.